The van der Waals surface area contributed by atoms with Crippen molar-refractivity contribution in [1.82, 2.24) is 5.32 Å². The van der Waals surface area contributed by atoms with Gasteiger partial charge in [0.25, 0.3) is 0 Å². The van der Waals surface area contributed by atoms with Gasteiger partial charge in [-0.25, -0.2) is 0 Å². The van der Waals surface area contributed by atoms with E-state index >= 15 is 0 Å². The Balaban J connectivity index is 3.22. The fourth-order valence-corrected chi connectivity index (χ4v) is 0.721. The Labute approximate surface area is 72.9 Å². The average Bonchev–Trinajstić information content (AvgIpc) is 2.01. The second kappa shape index (κ2) is 7.06. The summed E-state index contributed by atoms with van der Waals surface area (Å²) in [6.07, 6.45) is 0.485. The van der Waals surface area contributed by atoms with E-state index in [1.54, 1.807) is 14.0 Å². The number of hydrogen-bond donors (Lipinski definition) is 2. The van der Waals surface area contributed by atoms with Crippen molar-refractivity contribution >= 4 is 5.91 Å². The summed E-state index contributed by atoms with van der Waals surface area (Å²) in [7, 11) is 1.59. The lowest BCUT2D eigenvalue weighted by Crippen LogP contribution is -2.27. The highest BCUT2D eigenvalue weighted by atomic mass is 16.5. The summed E-state index contributed by atoms with van der Waals surface area (Å²) in [4.78, 5) is 10.9. The molecule has 1 unspecified atom stereocenters. The van der Waals surface area contributed by atoms with Crippen molar-refractivity contribution in [3.8, 4) is 0 Å². The molecule has 1 atom stereocenters. The molecule has 0 bridgehead atoms. The van der Waals surface area contributed by atoms with E-state index in [1.165, 1.54) is 0 Å². The summed E-state index contributed by atoms with van der Waals surface area (Å²) in [6.45, 7) is 2.73. The number of carbonyl (C=O) groups is 1. The van der Waals surface area contributed by atoms with Gasteiger partial charge < -0.3 is 15.2 Å². The number of carbonyl (C=O) groups excluding carboxylic acids is 1. The lowest BCUT2D eigenvalue weighted by Gasteiger charge is -2.05. The van der Waals surface area contributed by atoms with E-state index in [-0.39, 0.29) is 5.91 Å². The maximum Gasteiger partial charge on any atom is 0.220 e. The van der Waals surface area contributed by atoms with Crippen LogP contribution >= 0.6 is 0 Å². The topological polar surface area (TPSA) is 58.6 Å². The zero-order valence-electron chi connectivity index (χ0n) is 7.67. The van der Waals surface area contributed by atoms with Gasteiger partial charge in [0, 0.05) is 20.1 Å². The van der Waals surface area contributed by atoms with Gasteiger partial charge >= 0.3 is 0 Å². The van der Waals surface area contributed by atoms with Crippen LogP contribution in [-0.4, -0.2) is 37.4 Å². The maximum absolute atomic E-state index is 10.9. The van der Waals surface area contributed by atoms with E-state index in [2.05, 4.69) is 5.32 Å². The fraction of sp³-hybridized carbons (Fsp3) is 0.875. The highest BCUT2D eigenvalue weighted by molar-refractivity contribution is 5.75. The molecule has 0 aliphatic carbocycles. The van der Waals surface area contributed by atoms with Crippen molar-refractivity contribution < 1.29 is 14.6 Å². The van der Waals surface area contributed by atoms with Gasteiger partial charge in [0.15, 0.2) is 0 Å². The molecule has 72 valence electrons. The van der Waals surface area contributed by atoms with Crippen LogP contribution in [0.4, 0.5) is 0 Å². The molecular formula is C8H17NO3. The Hall–Kier alpha value is -0.610. The maximum atomic E-state index is 10.9. The molecule has 2 N–H and O–H groups in total. The molecule has 0 heterocycles. The van der Waals surface area contributed by atoms with Crippen LogP contribution < -0.4 is 5.32 Å². The van der Waals surface area contributed by atoms with Crippen molar-refractivity contribution in [3.63, 3.8) is 0 Å². The number of ether oxygens (including phenoxy) is 1. The lowest BCUT2D eigenvalue weighted by molar-refractivity contribution is -0.121. The number of rotatable bonds is 6. The van der Waals surface area contributed by atoms with Crippen LogP contribution in [0.25, 0.3) is 0 Å². The van der Waals surface area contributed by atoms with Crippen molar-refractivity contribution in [2.45, 2.75) is 25.9 Å². The summed E-state index contributed by atoms with van der Waals surface area (Å²) >= 11 is 0. The Kier molecular flexibility index (Phi) is 6.70. The van der Waals surface area contributed by atoms with Gasteiger partial charge in [-0.05, 0) is 13.3 Å². The first-order valence-corrected chi connectivity index (χ1v) is 4.10. The first-order chi connectivity index (χ1) is 5.66. The molecule has 0 spiro atoms. The smallest absolute Gasteiger partial charge is 0.220 e. The van der Waals surface area contributed by atoms with E-state index in [0.717, 1.165) is 0 Å². The molecule has 0 aromatic heterocycles. The minimum Gasteiger partial charge on any atom is -0.393 e. The Morgan fingerprint density at radius 2 is 2.33 bits per heavy atom. The molecule has 0 radical (unpaired) electrons. The fourth-order valence-electron chi connectivity index (χ4n) is 0.721. The van der Waals surface area contributed by atoms with Crippen LogP contribution in [0.15, 0.2) is 0 Å². The molecule has 0 aromatic rings. The zero-order chi connectivity index (χ0) is 9.40. The van der Waals surface area contributed by atoms with Gasteiger partial charge in [0.1, 0.15) is 0 Å². The number of nitrogens with one attached hydrogen (secondary N) is 1. The first kappa shape index (κ1) is 11.4. The quantitative estimate of drug-likeness (QED) is 0.555. The van der Waals surface area contributed by atoms with Crippen molar-refractivity contribution in [1.29, 1.82) is 0 Å². The van der Waals surface area contributed by atoms with Crippen molar-refractivity contribution in [2.75, 3.05) is 20.3 Å². The Morgan fingerprint density at radius 3 is 2.83 bits per heavy atom. The third kappa shape index (κ3) is 7.50. The van der Waals surface area contributed by atoms with Crippen LogP contribution in [0.3, 0.4) is 0 Å². The van der Waals surface area contributed by atoms with Crippen molar-refractivity contribution in [3.05, 3.63) is 0 Å². The standard InChI is InChI=1S/C8H17NO3/c1-7(10)3-4-8(11)9-5-6-12-2/h7,10H,3-6H2,1-2H3,(H,9,11). The molecule has 0 saturated heterocycles. The predicted octanol–water partition coefficient (Wildman–Crippen LogP) is -0.0900. The van der Waals surface area contributed by atoms with Gasteiger partial charge in [-0.3, -0.25) is 4.79 Å². The molecular weight excluding hydrogens is 158 g/mol. The molecule has 12 heavy (non-hydrogen) atoms. The van der Waals surface area contributed by atoms with Crippen LogP contribution in [-0.2, 0) is 9.53 Å². The molecule has 0 aliphatic heterocycles. The molecule has 4 nitrogen and oxygen atoms in total. The second-order valence-electron chi connectivity index (χ2n) is 2.73. The summed E-state index contributed by atoms with van der Waals surface area (Å²) in [5, 5.41) is 11.5. The predicted molar refractivity (Wildman–Crippen MR) is 45.8 cm³/mol. The molecule has 0 saturated carbocycles. The third-order valence-electron chi connectivity index (χ3n) is 1.42. The number of amides is 1. The third-order valence-corrected chi connectivity index (χ3v) is 1.42. The van der Waals surface area contributed by atoms with E-state index < -0.39 is 6.10 Å². The van der Waals surface area contributed by atoms with Crippen molar-refractivity contribution in [2.24, 2.45) is 0 Å². The Morgan fingerprint density at radius 1 is 1.67 bits per heavy atom. The zero-order valence-corrected chi connectivity index (χ0v) is 7.67. The van der Waals surface area contributed by atoms with Gasteiger partial charge in [0.2, 0.25) is 5.91 Å². The molecule has 0 fully saturated rings. The average molecular weight is 175 g/mol. The van der Waals surface area contributed by atoms with Gasteiger partial charge in [0.05, 0.1) is 12.7 Å². The number of hydrogen-bond acceptors (Lipinski definition) is 3. The normalized spacial score (nSPS) is 12.6. The summed E-state index contributed by atoms with van der Waals surface area (Å²) in [5.74, 6) is -0.0343. The minimum atomic E-state index is -0.404. The molecule has 0 rings (SSSR count). The van der Waals surface area contributed by atoms with Crippen LogP contribution in [0.5, 0.6) is 0 Å². The van der Waals surface area contributed by atoms with E-state index in [4.69, 9.17) is 9.84 Å². The molecule has 1 amide bonds. The highest BCUT2D eigenvalue weighted by Crippen LogP contribution is 1.94. The Bertz CT molecular complexity index is 125. The lowest BCUT2D eigenvalue weighted by atomic mass is 10.2. The van der Waals surface area contributed by atoms with Crippen LogP contribution in [0.2, 0.25) is 0 Å². The SMILES string of the molecule is COCCNC(=O)CCC(C)O. The first-order valence-electron chi connectivity index (χ1n) is 4.10. The highest BCUT2D eigenvalue weighted by Gasteiger charge is 2.02. The van der Waals surface area contributed by atoms with Crippen LogP contribution in [0.1, 0.15) is 19.8 Å². The second-order valence-corrected chi connectivity index (χ2v) is 2.73. The van der Waals surface area contributed by atoms with E-state index in [0.29, 0.717) is 26.0 Å². The number of aliphatic hydroxyl groups excluding tert-OH is 1. The summed E-state index contributed by atoms with van der Waals surface area (Å²) in [6, 6.07) is 0. The summed E-state index contributed by atoms with van der Waals surface area (Å²) in [5.41, 5.74) is 0. The number of aliphatic hydroxyl groups is 1. The summed E-state index contributed by atoms with van der Waals surface area (Å²) < 4.78 is 4.75. The monoisotopic (exact) mass is 175 g/mol. The molecule has 0 aromatic carbocycles. The van der Waals surface area contributed by atoms with Gasteiger partial charge in [-0.2, -0.15) is 0 Å². The van der Waals surface area contributed by atoms with Gasteiger partial charge in [-0.1, -0.05) is 0 Å². The van der Waals surface area contributed by atoms with E-state index in [1.807, 2.05) is 0 Å². The number of methoxy groups -OCH3 is 1. The van der Waals surface area contributed by atoms with Crippen LogP contribution in [0, 0.1) is 0 Å². The molecule has 0 aliphatic rings. The largest absolute Gasteiger partial charge is 0.393 e. The van der Waals surface area contributed by atoms with Gasteiger partial charge in [-0.15, -0.1) is 0 Å². The molecule has 4 heteroatoms. The van der Waals surface area contributed by atoms with E-state index in [9.17, 15) is 4.79 Å². The minimum absolute atomic E-state index is 0.0343.